The Kier molecular flexibility index (Phi) is 4.38. The van der Waals surface area contributed by atoms with E-state index >= 15 is 0 Å². The Morgan fingerprint density at radius 2 is 1.57 bits per heavy atom. The molecule has 2 fully saturated rings. The van der Waals surface area contributed by atoms with E-state index in [1.54, 1.807) is 0 Å². The van der Waals surface area contributed by atoms with E-state index in [9.17, 15) is 8.42 Å². The van der Waals surface area contributed by atoms with Crippen molar-refractivity contribution < 1.29 is 13.2 Å². The standard InChI is InChI=1S/C16H23NO3S/c18-21(19)11-9-14(10-12-21)17-13-5-7-16(8-6-13)20-15-3-1-2-4-15/h5-8,14-15,17H,1-4,9-12H2. The van der Waals surface area contributed by atoms with Crippen LogP contribution in [0.5, 0.6) is 5.75 Å². The molecule has 0 bridgehead atoms. The van der Waals surface area contributed by atoms with Gasteiger partial charge >= 0.3 is 0 Å². The quantitative estimate of drug-likeness (QED) is 0.929. The number of anilines is 1. The fourth-order valence-electron chi connectivity index (χ4n) is 3.10. The summed E-state index contributed by atoms with van der Waals surface area (Å²) in [4.78, 5) is 0. The van der Waals surface area contributed by atoms with Crippen molar-refractivity contribution in [3.63, 3.8) is 0 Å². The smallest absolute Gasteiger partial charge is 0.150 e. The molecule has 1 aromatic carbocycles. The van der Waals surface area contributed by atoms with Crippen molar-refractivity contribution in [2.45, 2.75) is 50.7 Å². The van der Waals surface area contributed by atoms with Crippen molar-refractivity contribution in [1.29, 1.82) is 0 Å². The third-order valence-corrected chi connectivity index (χ3v) is 6.10. The van der Waals surface area contributed by atoms with Crippen molar-refractivity contribution in [2.75, 3.05) is 16.8 Å². The molecule has 3 rings (SSSR count). The number of hydrogen-bond donors (Lipinski definition) is 1. The van der Waals surface area contributed by atoms with Crippen LogP contribution in [-0.4, -0.2) is 32.1 Å². The summed E-state index contributed by atoms with van der Waals surface area (Å²) in [7, 11) is -2.79. The van der Waals surface area contributed by atoms with Crippen LogP contribution in [0.3, 0.4) is 0 Å². The van der Waals surface area contributed by atoms with Gasteiger partial charge in [-0.1, -0.05) is 0 Å². The summed E-state index contributed by atoms with van der Waals surface area (Å²) in [6.07, 6.45) is 6.65. The van der Waals surface area contributed by atoms with Crippen LogP contribution in [0.4, 0.5) is 5.69 Å². The molecular weight excluding hydrogens is 286 g/mol. The molecular formula is C16H23NO3S. The van der Waals surface area contributed by atoms with Crippen LogP contribution in [0, 0.1) is 0 Å². The average Bonchev–Trinajstić information content (AvgIpc) is 2.96. The molecule has 0 radical (unpaired) electrons. The lowest BCUT2D eigenvalue weighted by molar-refractivity contribution is 0.210. The SMILES string of the molecule is O=S1(=O)CCC(Nc2ccc(OC3CCCC3)cc2)CC1. The molecule has 1 saturated heterocycles. The van der Waals surface area contributed by atoms with E-state index in [0.717, 1.165) is 24.3 Å². The van der Waals surface area contributed by atoms with Crippen molar-refractivity contribution in [2.24, 2.45) is 0 Å². The van der Waals surface area contributed by atoms with Crippen LogP contribution >= 0.6 is 0 Å². The molecule has 1 N–H and O–H groups in total. The largest absolute Gasteiger partial charge is 0.490 e. The molecule has 116 valence electrons. The first-order chi connectivity index (χ1) is 10.1. The van der Waals surface area contributed by atoms with Crippen molar-refractivity contribution in [1.82, 2.24) is 0 Å². The maximum Gasteiger partial charge on any atom is 0.150 e. The maximum atomic E-state index is 11.4. The molecule has 1 saturated carbocycles. The number of sulfone groups is 1. The van der Waals surface area contributed by atoms with Gasteiger partial charge in [0.1, 0.15) is 15.6 Å². The van der Waals surface area contributed by atoms with Gasteiger partial charge in [0, 0.05) is 11.7 Å². The second kappa shape index (κ2) is 6.26. The Hall–Kier alpha value is -1.23. The Morgan fingerprint density at radius 3 is 2.19 bits per heavy atom. The van der Waals surface area contributed by atoms with Crippen molar-refractivity contribution in [3.8, 4) is 5.75 Å². The molecule has 0 aromatic heterocycles. The zero-order valence-corrected chi connectivity index (χ0v) is 13.1. The summed E-state index contributed by atoms with van der Waals surface area (Å²) in [5, 5.41) is 3.42. The highest BCUT2D eigenvalue weighted by atomic mass is 32.2. The molecule has 0 unspecified atom stereocenters. The minimum atomic E-state index is -2.79. The molecule has 2 aliphatic rings. The van der Waals surface area contributed by atoms with Crippen LogP contribution in [-0.2, 0) is 9.84 Å². The second-order valence-corrected chi connectivity index (χ2v) is 8.42. The van der Waals surface area contributed by atoms with Gasteiger partial charge in [0.2, 0.25) is 0 Å². The topological polar surface area (TPSA) is 55.4 Å². The summed E-state index contributed by atoms with van der Waals surface area (Å²) < 4.78 is 28.8. The van der Waals surface area contributed by atoms with Gasteiger partial charge in [0.15, 0.2) is 0 Å². The Morgan fingerprint density at radius 1 is 0.952 bits per heavy atom. The highest BCUT2D eigenvalue weighted by molar-refractivity contribution is 7.91. The third-order valence-electron chi connectivity index (χ3n) is 4.38. The molecule has 5 heteroatoms. The van der Waals surface area contributed by atoms with Crippen LogP contribution < -0.4 is 10.1 Å². The van der Waals surface area contributed by atoms with E-state index in [1.165, 1.54) is 12.8 Å². The van der Waals surface area contributed by atoms with E-state index in [0.29, 0.717) is 30.5 Å². The van der Waals surface area contributed by atoms with Crippen molar-refractivity contribution >= 4 is 15.5 Å². The average molecular weight is 309 g/mol. The highest BCUT2D eigenvalue weighted by Crippen LogP contribution is 2.25. The van der Waals surface area contributed by atoms with E-state index in [2.05, 4.69) is 5.32 Å². The lowest BCUT2D eigenvalue weighted by Crippen LogP contribution is -2.32. The van der Waals surface area contributed by atoms with E-state index in [1.807, 2.05) is 24.3 Å². The zero-order valence-electron chi connectivity index (χ0n) is 12.3. The van der Waals surface area contributed by atoms with Gasteiger partial charge in [-0.25, -0.2) is 8.42 Å². The summed E-state index contributed by atoms with van der Waals surface area (Å²) >= 11 is 0. The molecule has 1 aromatic rings. The predicted octanol–water partition coefficient (Wildman–Crippen LogP) is 3.00. The van der Waals surface area contributed by atoms with Gasteiger partial charge in [0.25, 0.3) is 0 Å². The fraction of sp³-hybridized carbons (Fsp3) is 0.625. The normalized spacial score (nSPS) is 23.0. The van der Waals surface area contributed by atoms with E-state index in [-0.39, 0.29) is 6.04 Å². The molecule has 0 spiro atoms. The van der Waals surface area contributed by atoms with Gasteiger partial charge in [-0.15, -0.1) is 0 Å². The Labute approximate surface area is 126 Å². The third kappa shape index (κ3) is 4.13. The van der Waals surface area contributed by atoms with Crippen molar-refractivity contribution in [3.05, 3.63) is 24.3 Å². The fourth-order valence-corrected chi connectivity index (χ4v) is 4.59. The second-order valence-electron chi connectivity index (χ2n) is 6.12. The van der Waals surface area contributed by atoms with Crippen LogP contribution in [0.25, 0.3) is 0 Å². The minimum absolute atomic E-state index is 0.259. The van der Waals surface area contributed by atoms with Gasteiger partial charge in [-0.2, -0.15) is 0 Å². The first-order valence-corrected chi connectivity index (χ1v) is 9.66. The molecule has 1 aliphatic heterocycles. The predicted molar refractivity (Wildman–Crippen MR) is 84.6 cm³/mol. The number of benzene rings is 1. The lowest BCUT2D eigenvalue weighted by Gasteiger charge is -2.24. The summed E-state index contributed by atoms with van der Waals surface area (Å²) in [6.45, 7) is 0. The minimum Gasteiger partial charge on any atom is -0.490 e. The van der Waals surface area contributed by atoms with Crippen LogP contribution in [0.2, 0.25) is 0 Å². The number of hydrogen-bond acceptors (Lipinski definition) is 4. The number of rotatable bonds is 4. The van der Waals surface area contributed by atoms with Crippen LogP contribution in [0.1, 0.15) is 38.5 Å². The number of nitrogens with one attached hydrogen (secondary N) is 1. The molecule has 0 amide bonds. The summed E-state index contributed by atoms with van der Waals surface area (Å²) in [6, 6.07) is 8.30. The van der Waals surface area contributed by atoms with E-state index in [4.69, 9.17) is 4.74 Å². The van der Waals surface area contributed by atoms with Gasteiger partial charge in [-0.3, -0.25) is 0 Å². The first-order valence-electron chi connectivity index (χ1n) is 7.84. The molecule has 21 heavy (non-hydrogen) atoms. The van der Waals surface area contributed by atoms with Gasteiger partial charge in [0.05, 0.1) is 17.6 Å². The van der Waals surface area contributed by atoms with E-state index < -0.39 is 9.84 Å². The maximum absolute atomic E-state index is 11.4. The Bertz CT molecular complexity index is 548. The zero-order chi connectivity index (χ0) is 14.7. The molecule has 1 aliphatic carbocycles. The Balaban J connectivity index is 1.52. The van der Waals surface area contributed by atoms with Gasteiger partial charge in [-0.05, 0) is 62.8 Å². The van der Waals surface area contributed by atoms with Crippen LogP contribution in [0.15, 0.2) is 24.3 Å². The lowest BCUT2D eigenvalue weighted by atomic mass is 10.1. The summed E-state index contributed by atoms with van der Waals surface area (Å²) in [5.74, 6) is 1.53. The summed E-state index contributed by atoms with van der Waals surface area (Å²) in [5.41, 5.74) is 1.04. The first kappa shape index (κ1) is 14.7. The molecule has 1 heterocycles. The molecule has 4 nitrogen and oxygen atoms in total. The highest BCUT2D eigenvalue weighted by Gasteiger charge is 2.23. The number of ether oxygens (including phenoxy) is 1. The molecule has 0 atom stereocenters. The monoisotopic (exact) mass is 309 g/mol. The van der Waals surface area contributed by atoms with Gasteiger partial charge < -0.3 is 10.1 Å².